The maximum Gasteiger partial charge on any atom is 0.418 e. The van der Waals surface area contributed by atoms with Crippen molar-refractivity contribution in [3.63, 3.8) is 0 Å². The van der Waals surface area contributed by atoms with Crippen molar-refractivity contribution >= 4 is 17.9 Å². The molecule has 196 valence electrons. The molecule has 3 aromatic rings. The van der Waals surface area contributed by atoms with Crippen LogP contribution in [-0.2, 0) is 33.7 Å². The van der Waals surface area contributed by atoms with E-state index in [1.807, 2.05) is 24.3 Å². The zero-order valence-electron chi connectivity index (χ0n) is 21.0. The maximum atomic E-state index is 14.0. The fourth-order valence-electron chi connectivity index (χ4n) is 5.11. The van der Waals surface area contributed by atoms with Gasteiger partial charge in [0, 0.05) is 19.0 Å². The van der Waals surface area contributed by atoms with E-state index >= 15 is 0 Å². The predicted octanol–water partition coefficient (Wildman–Crippen LogP) is 4.11. The van der Waals surface area contributed by atoms with Gasteiger partial charge < -0.3 is 19.5 Å². The topological polar surface area (TPSA) is 94.2 Å². The van der Waals surface area contributed by atoms with Gasteiger partial charge in [-0.05, 0) is 59.4 Å². The van der Waals surface area contributed by atoms with Gasteiger partial charge in [-0.3, -0.25) is 9.59 Å². The van der Waals surface area contributed by atoms with Crippen molar-refractivity contribution in [1.82, 2.24) is 10.2 Å². The van der Waals surface area contributed by atoms with Crippen LogP contribution in [0.4, 0.5) is 9.18 Å². The number of hydrogen-bond donors (Lipinski definition) is 1. The van der Waals surface area contributed by atoms with Gasteiger partial charge in [-0.25, -0.2) is 14.1 Å². The number of nitrogens with zero attached hydrogens (tertiary/aromatic N) is 1. The Morgan fingerprint density at radius 2 is 1.71 bits per heavy atom. The summed E-state index contributed by atoms with van der Waals surface area (Å²) in [6.45, 7) is 0.0225. The summed E-state index contributed by atoms with van der Waals surface area (Å²) < 4.78 is 29.8. The number of cyclic esters (lactones) is 1. The highest BCUT2D eigenvalue weighted by Gasteiger charge is 2.61. The zero-order valence-corrected chi connectivity index (χ0v) is 21.0. The van der Waals surface area contributed by atoms with Gasteiger partial charge in [-0.15, -0.1) is 0 Å². The van der Waals surface area contributed by atoms with Gasteiger partial charge in [0.05, 0.1) is 20.3 Å². The Morgan fingerprint density at radius 1 is 1.03 bits per heavy atom. The average molecular weight is 519 g/mol. The fraction of sp³-hybridized carbons (Fsp3) is 0.276. The van der Waals surface area contributed by atoms with Crippen molar-refractivity contribution in [3.8, 4) is 11.5 Å². The molecule has 1 saturated heterocycles. The molecule has 0 radical (unpaired) electrons. The molecule has 3 amide bonds. The van der Waals surface area contributed by atoms with E-state index in [1.54, 1.807) is 18.2 Å². The van der Waals surface area contributed by atoms with Crippen molar-refractivity contribution < 1.29 is 33.0 Å². The third kappa shape index (κ3) is 4.55. The van der Waals surface area contributed by atoms with Crippen molar-refractivity contribution in [2.24, 2.45) is 0 Å². The van der Waals surface area contributed by atoms with E-state index in [1.165, 1.54) is 38.5 Å². The molecule has 1 heterocycles. The normalized spacial score (nSPS) is 20.2. The number of imide groups is 1. The van der Waals surface area contributed by atoms with Gasteiger partial charge in [0.2, 0.25) is 0 Å². The molecule has 0 aromatic heterocycles. The molecule has 8 nitrogen and oxygen atoms in total. The SMILES string of the molecule is COc1cc(CNC(=O)[C@@]2(Cc3ccc(F)cc3)OC(=O)N([C@@H]3CCc4ccccc43)C2=O)cc(OC)c1. The monoisotopic (exact) mass is 518 g/mol. The first-order valence-electron chi connectivity index (χ1n) is 12.2. The lowest BCUT2D eigenvalue weighted by Gasteiger charge is -2.26. The lowest BCUT2D eigenvalue weighted by atomic mass is 9.91. The third-order valence-corrected chi connectivity index (χ3v) is 7.03. The highest BCUT2D eigenvalue weighted by molar-refractivity contribution is 6.17. The minimum absolute atomic E-state index is 0.0225. The van der Waals surface area contributed by atoms with E-state index in [2.05, 4.69) is 5.32 Å². The number of nitrogens with one attached hydrogen (secondary N) is 1. The smallest absolute Gasteiger partial charge is 0.418 e. The summed E-state index contributed by atoms with van der Waals surface area (Å²) in [4.78, 5) is 41.9. The van der Waals surface area contributed by atoms with E-state index in [0.717, 1.165) is 16.0 Å². The molecule has 0 spiro atoms. The van der Waals surface area contributed by atoms with E-state index in [9.17, 15) is 18.8 Å². The Morgan fingerprint density at radius 3 is 2.39 bits per heavy atom. The number of hydrogen-bond acceptors (Lipinski definition) is 6. The molecule has 1 fully saturated rings. The number of fused-ring (bicyclic) bond motifs is 1. The molecule has 3 aromatic carbocycles. The molecule has 1 aliphatic carbocycles. The van der Waals surface area contributed by atoms with Crippen LogP contribution >= 0.6 is 0 Å². The maximum absolute atomic E-state index is 14.0. The second kappa shape index (κ2) is 10.2. The lowest BCUT2D eigenvalue weighted by Crippen LogP contribution is -2.55. The summed E-state index contributed by atoms with van der Waals surface area (Å²) in [6.07, 6.45) is 0.123. The summed E-state index contributed by atoms with van der Waals surface area (Å²) in [6, 6.07) is 17.6. The Kier molecular flexibility index (Phi) is 6.75. The van der Waals surface area contributed by atoms with Crippen LogP contribution in [0.25, 0.3) is 0 Å². The first-order chi connectivity index (χ1) is 18.3. The van der Waals surface area contributed by atoms with Crippen LogP contribution in [0, 0.1) is 5.82 Å². The molecular formula is C29H27FN2O6. The van der Waals surface area contributed by atoms with Crippen LogP contribution in [0.2, 0.25) is 0 Å². The standard InChI is InChI=1S/C29H27FN2O6/c1-36-22-13-19(14-23(15-22)37-2)17-31-26(33)29(16-18-7-10-21(30)11-8-18)27(34)32(28(35)38-29)25-12-9-20-5-3-4-6-24(20)25/h3-8,10-11,13-15,25H,9,12,16-17H2,1-2H3,(H,31,33)/t25-,29-/m1/s1. The van der Waals surface area contributed by atoms with Crippen molar-refractivity contribution in [3.05, 3.63) is 94.8 Å². The van der Waals surface area contributed by atoms with Gasteiger partial charge in [0.25, 0.3) is 17.4 Å². The van der Waals surface area contributed by atoms with Gasteiger partial charge >= 0.3 is 6.09 Å². The van der Waals surface area contributed by atoms with Crippen LogP contribution in [0.5, 0.6) is 11.5 Å². The number of halogens is 1. The van der Waals surface area contributed by atoms with Crippen LogP contribution in [-0.4, -0.2) is 42.6 Å². The number of benzene rings is 3. The number of amides is 3. The predicted molar refractivity (Wildman–Crippen MR) is 135 cm³/mol. The van der Waals surface area contributed by atoms with Crippen LogP contribution in [0.15, 0.2) is 66.7 Å². The summed E-state index contributed by atoms with van der Waals surface area (Å²) >= 11 is 0. The highest BCUT2D eigenvalue weighted by atomic mass is 19.1. The molecule has 9 heteroatoms. The number of methoxy groups -OCH3 is 2. The Balaban J connectivity index is 1.46. The lowest BCUT2D eigenvalue weighted by molar-refractivity contribution is -0.150. The molecule has 0 unspecified atom stereocenters. The Hall–Kier alpha value is -4.40. The molecule has 0 saturated carbocycles. The van der Waals surface area contributed by atoms with Gasteiger partial charge in [0.15, 0.2) is 0 Å². The highest BCUT2D eigenvalue weighted by Crippen LogP contribution is 2.41. The van der Waals surface area contributed by atoms with Gasteiger partial charge in [-0.2, -0.15) is 0 Å². The van der Waals surface area contributed by atoms with Gasteiger partial charge in [0.1, 0.15) is 17.3 Å². The van der Waals surface area contributed by atoms with Crippen molar-refractivity contribution in [1.29, 1.82) is 0 Å². The minimum atomic E-state index is -2.14. The molecule has 1 N–H and O–H groups in total. The molecule has 38 heavy (non-hydrogen) atoms. The summed E-state index contributed by atoms with van der Waals surface area (Å²) in [5.74, 6) is -0.906. The van der Waals surface area contributed by atoms with Crippen molar-refractivity contribution in [2.45, 2.75) is 37.5 Å². The van der Waals surface area contributed by atoms with Crippen molar-refractivity contribution in [2.75, 3.05) is 14.2 Å². The molecule has 2 atom stereocenters. The number of ether oxygens (including phenoxy) is 3. The number of aryl methyl sites for hydroxylation is 1. The number of rotatable bonds is 8. The Labute approximate surface area is 219 Å². The van der Waals surface area contributed by atoms with E-state index < -0.39 is 35.4 Å². The van der Waals surface area contributed by atoms with E-state index in [0.29, 0.717) is 35.5 Å². The van der Waals surface area contributed by atoms with Crippen LogP contribution < -0.4 is 14.8 Å². The molecular weight excluding hydrogens is 491 g/mol. The minimum Gasteiger partial charge on any atom is -0.497 e. The van der Waals surface area contributed by atoms with Gasteiger partial charge in [-0.1, -0.05) is 36.4 Å². The molecule has 0 bridgehead atoms. The molecule has 2 aliphatic rings. The fourth-order valence-corrected chi connectivity index (χ4v) is 5.11. The second-order valence-electron chi connectivity index (χ2n) is 9.33. The summed E-state index contributed by atoms with van der Waals surface area (Å²) in [5.41, 5.74) is 0.893. The van der Waals surface area contributed by atoms with E-state index in [4.69, 9.17) is 14.2 Å². The summed E-state index contributed by atoms with van der Waals surface area (Å²) in [7, 11) is 3.03. The molecule has 5 rings (SSSR count). The average Bonchev–Trinajstić information content (AvgIpc) is 3.46. The van der Waals surface area contributed by atoms with E-state index in [-0.39, 0.29) is 13.0 Å². The van der Waals surface area contributed by atoms with Crippen LogP contribution in [0.1, 0.15) is 34.7 Å². The summed E-state index contributed by atoms with van der Waals surface area (Å²) in [5, 5.41) is 2.75. The number of carbonyl (C=O) groups is 3. The first kappa shape index (κ1) is 25.3. The quantitative estimate of drug-likeness (QED) is 0.451. The zero-order chi connectivity index (χ0) is 26.9. The third-order valence-electron chi connectivity index (χ3n) is 7.03. The molecule has 1 aliphatic heterocycles. The first-order valence-corrected chi connectivity index (χ1v) is 12.2. The Bertz CT molecular complexity index is 1370. The largest absolute Gasteiger partial charge is 0.497 e. The number of carbonyl (C=O) groups excluding carboxylic acids is 3. The second-order valence-corrected chi connectivity index (χ2v) is 9.33. The van der Waals surface area contributed by atoms with Crippen LogP contribution in [0.3, 0.4) is 0 Å².